The Hall–Kier alpha value is -1.29. The molecule has 1 aliphatic rings. The van der Waals surface area contributed by atoms with Crippen molar-refractivity contribution in [3.05, 3.63) is 34.4 Å². The van der Waals surface area contributed by atoms with Crippen LogP contribution >= 0.6 is 15.9 Å². The molecule has 1 aromatic heterocycles. The molecule has 1 aliphatic carbocycles. The van der Waals surface area contributed by atoms with Crippen LogP contribution in [0.3, 0.4) is 0 Å². The first-order valence-corrected chi connectivity index (χ1v) is 6.44. The molecule has 3 rings (SSSR count). The summed E-state index contributed by atoms with van der Waals surface area (Å²) in [5.41, 5.74) is 2.15. The Morgan fingerprint density at radius 1 is 1.47 bits per heavy atom. The number of fused-ring (bicyclic) bond motifs is 1. The summed E-state index contributed by atoms with van der Waals surface area (Å²) in [6.45, 7) is 0.558. The molecule has 0 saturated heterocycles. The first kappa shape index (κ1) is 10.8. The maximum atomic E-state index is 10.6. The van der Waals surface area contributed by atoms with Gasteiger partial charge in [0.2, 0.25) is 0 Å². The molecule has 17 heavy (non-hydrogen) atoms. The molecular weight excluding hydrogens is 282 g/mol. The maximum Gasteiger partial charge on any atom is 0.293 e. The van der Waals surface area contributed by atoms with Gasteiger partial charge < -0.3 is 9.72 Å². The number of benzene rings is 1. The number of hydrogen-bond donors (Lipinski definition) is 1. The number of ether oxygens (including phenoxy) is 1. The van der Waals surface area contributed by atoms with Crippen molar-refractivity contribution in [3.8, 4) is 0 Å². The number of H-pyrrole nitrogens is 1. The van der Waals surface area contributed by atoms with Gasteiger partial charge in [0.05, 0.1) is 0 Å². The van der Waals surface area contributed by atoms with Gasteiger partial charge in [-0.3, -0.25) is 4.79 Å². The fourth-order valence-electron chi connectivity index (χ4n) is 2.29. The number of aromatic nitrogens is 1. The summed E-state index contributed by atoms with van der Waals surface area (Å²) in [5, 5.41) is 1.13. The van der Waals surface area contributed by atoms with E-state index in [9.17, 15) is 4.79 Å². The van der Waals surface area contributed by atoms with Crippen molar-refractivity contribution in [2.75, 3.05) is 0 Å². The van der Waals surface area contributed by atoms with Crippen LogP contribution in [0.2, 0.25) is 0 Å². The number of carbonyl (C=O) groups is 1. The predicted molar refractivity (Wildman–Crippen MR) is 68.6 cm³/mol. The molecule has 2 aromatic rings. The third-order valence-electron chi connectivity index (χ3n) is 3.22. The summed E-state index contributed by atoms with van der Waals surface area (Å²) in [5.74, 6) is 0.479. The molecule has 88 valence electrons. The maximum absolute atomic E-state index is 10.6. The zero-order chi connectivity index (χ0) is 11.8. The van der Waals surface area contributed by atoms with Crippen molar-refractivity contribution in [2.45, 2.75) is 18.9 Å². The van der Waals surface area contributed by atoms with Crippen molar-refractivity contribution >= 4 is 33.3 Å². The Kier molecular flexibility index (Phi) is 2.67. The van der Waals surface area contributed by atoms with Gasteiger partial charge in [-0.15, -0.1) is 0 Å². The normalized spacial score (nSPS) is 17.0. The summed E-state index contributed by atoms with van der Waals surface area (Å²) in [6, 6.07) is 6.10. The van der Waals surface area contributed by atoms with Gasteiger partial charge in [-0.2, -0.15) is 0 Å². The van der Waals surface area contributed by atoms with Gasteiger partial charge in [0.1, 0.15) is 6.10 Å². The SMILES string of the molecule is O=COC(c1cc(Br)cc2[nH]ccc12)C1CC1. The van der Waals surface area contributed by atoms with Crippen LogP contribution in [0.4, 0.5) is 0 Å². The third-order valence-corrected chi connectivity index (χ3v) is 3.68. The van der Waals surface area contributed by atoms with Crippen LogP contribution in [0.15, 0.2) is 28.9 Å². The Labute approximate surface area is 107 Å². The molecule has 1 saturated carbocycles. The molecule has 1 fully saturated rings. The second-order valence-corrected chi connectivity index (χ2v) is 5.34. The number of carbonyl (C=O) groups excluding carboxylic acids is 1. The van der Waals surface area contributed by atoms with E-state index in [2.05, 4.69) is 20.9 Å². The van der Waals surface area contributed by atoms with Crippen LogP contribution < -0.4 is 0 Å². The third kappa shape index (κ3) is 1.97. The minimum atomic E-state index is -0.108. The molecule has 0 bridgehead atoms. The molecule has 1 heterocycles. The number of aromatic amines is 1. The molecule has 4 heteroatoms. The van der Waals surface area contributed by atoms with Crippen LogP contribution in [0.25, 0.3) is 10.9 Å². The lowest BCUT2D eigenvalue weighted by molar-refractivity contribution is -0.134. The van der Waals surface area contributed by atoms with Crippen molar-refractivity contribution in [2.24, 2.45) is 5.92 Å². The van der Waals surface area contributed by atoms with Crippen molar-refractivity contribution < 1.29 is 9.53 Å². The molecule has 3 nitrogen and oxygen atoms in total. The Balaban J connectivity index is 2.12. The highest BCUT2D eigenvalue weighted by Crippen LogP contribution is 2.45. The predicted octanol–water partition coefficient (Wildman–Crippen LogP) is 3.55. The molecule has 1 N–H and O–H groups in total. The van der Waals surface area contributed by atoms with Gasteiger partial charge in [-0.05, 0) is 31.0 Å². The topological polar surface area (TPSA) is 42.1 Å². The van der Waals surface area contributed by atoms with Crippen LogP contribution in [-0.4, -0.2) is 11.5 Å². The van der Waals surface area contributed by atoms with Crippen molar-refractivity contribution in [1.29, 1.82) is 0 Å². The first-order chi connectivity index (χ1) is 8.29. The van der Waals surface area contributed by atoms with Gasteiger partial charge in [-0.1, -0.05) is 15.9 Å². The second kappa shape index (κ2) is 4.18. The lowest BCUT2D eigenvalue weighted by atomic mass is 10.0. The molecule has 0 spiro atoms. The Morgan fingerprint density at radius 2 is 2.29 bits per heavy atom. The molecule has 0 amide bonds. The number of nitrogens with one attached hydrogen (secondary N) is 1. The first-order valence-electron chi connectivity index (χ1n) is 5.65. The highest BCUT2D eigenvalue weighted by atomic mass is 79.9. The van der Waals surface area contributed by atoms with E-state index < -0.39 is 0 Å². The molecule has 0 radical (unpaired) electrons. The summed E-state index contributed by atoms with van der Waals surface area (Å²) in [7, 11) is 0. The van der Waals surface area contributed by atoms with E-state index in [0.29, 0.717) is 12.4 Å². The highest BCUT2D eigenvalue weighted by Gasteiger charge is 2.35. The Bertz CT molecular complexity index is 560. The average Bonchev–Trinajstić information content (AvgIpc) is 3.04. The molecule has 1 unspecified atom stereocenters. The second-order valence-electron chi connectivity index (χ2n) is 4.42. The van der Waals surface area contributed by atoms with Crippen LogP contribution in [0.5, 0.6) is 0 Å². The van der Waals surface area contributed by atoms with Gasteiger partial charge >= 0.3 is 0 Å². The highest BCUT2D eigenvalue weighted by molar-refractivity contribution is 9.10. The van der Waals surface area contributed by atoms with Gasteiger partial charge in [-0.25, -0.2) is 0 Å². The summed E-state index contributed by atoms with van der Waals surface area (Å²) in [6.07, 6.45) is 4.07. The van der Waals surface area contributed by atoms with Crippen molar-refractivity contribution in [3.63, 3.8) is 0 Å². The number of halogens is 1. The molecule has 1 atom stereocenters. The molecule has 0 aliphatic heterocycles. The van der Waals surface area contributed by atoms with E-state index in [0.717, 1.165) is 33.8 Å². The van der Waals surface area contributed by atoms with E-state index in [-0.39, 0.29) is 6.10 Å². The van der Waals surface area contributed by atoms with Gasteiger partial charge in [0.15, 0.2) is 0 Å². The van der Waals surface area contributed by atoms with Crippen LogP contribution in [0, 0.1) is 5.92 Å². The van der Waals surface area contributed by atoms with Crippen LogP contribution in [0.1, 0.15) is 24.5 Å². The summed E-state index contributed by atoms with van der Waals surface area (Å²) in [4.78, 5) is 13.8. The summed E-state index contributed by atoms with van der Waals surface area (Å²) < 4.78 is 6.27. The van der Waals surface area contributed by atoms with Crippen molar-refractivity contribution in [1.82, 2.24) is 4.98 Å². The minimum absolute atomic E-state index is 0.108. The van der Waals surface area contributed by atoms with E-state index in [1.54, 1.807) is 0 Å². The molecule has 1 aromatic carbocycles. The molecular formula is C13H12BrNO2. The summed E-state index contributed by atoms with van der Waals surface area (Å²) >= 11 is 3.49. The number of rotatable bonds is 4. The van der Waals surface area contributed by atoms with Crippen LogP contribution in [-0.2, 0) is 9.53 Å². The van der Waals surface area contributed by atoms with E-state index >= 15 is 0 Å². The van der Waals surface area contributed by atoms with Gasteiger partial charge in [0.25, 0.3) is 6.47 Å². The zero-order valence-electron chi connectivity index (χ0n) is 9.15. The standard InChI is InChI=1S/C13H12BrNO2/c14-9-5-11(10-3-4-15-12(10)6-9)13(17-7-16)8-1-2-8/h3-8,13,15H,1-2H2. The average molecular weight is 294 g/mol. The largest absolute Gasteiger partial charge is 0.459 e. The van der Waals surface area contributed by atoms with Gasteiger partial charge in [0, 0.05) is 33.1 Å². The van der Waals surface area contributed by atoms with E-state index in [1.807, 2.05) is 24.4 Å². The minimum Gasteiger partial charge on any atom is -0.459 e. The van der Waals surface area contributed by atoms with E-state index in [4.69, 9.17) is 4.74 Å². The monoisotopic (exact) mass is 293 g/mol. The quantitative estimate of drug-likeness (QED) is 0.876. The fraction of sp³-hybridized carbons (Fsp3) is 0.308. The van der Waals surface area contributed by atoms with E-state index in [1.165, 1.54) is 0 Å². The zero-order valence-corrected chi connectivity index (χ0v) is 10.7. The Morgan fingerprint density at radius 3 is 3.00 bits per heavy atom. The fourth-order valence-corrected chi connectivity index (χ4v) is 2.77. The number of hydrogen-bond acceptors (Lipinski definition) is 2. The lowest BCUT2D eigenvalue weighted by Gasteiger charge is -2.16. The smallest absolute Gasteiger partial charge is 0.293 e. The lowest BCUT2D eigenvalue weighted by Crippen LogP contribution is -2.06.